The van der Waals surface area contributed by atoms with Crippen molar-refractivity contribution in [1.82, 2.24) is 4.90 Å². The Hall–Kier alpha value is -2.58. The number of nitrogens with zero attached hydrogens (tertiary/aromatic N) is 1. The number of ether oxygens (including phenoxy) is 1. The van der Waals surface area contributed by atoms with Crippen LogP contribution in [-0.4, -0.2) is 24.6 Å². The van der Waals surface area contributed by atoms with E-state index < -0.39 is 0 Å². The summed E-state index contributed by atoms with van der Waals surface area (Å²) in [5.41, 5.74) is 5.30. The molecule has 27 heavy (non-hydrogen) atoms. The Labute approximate surface area is 161 Å². The molecule has 136 valence electrons. The minimum atomic E-state index is 0.580. The van der Waals surface area contributed by atoms with Gasteiger partial charge in [0.25, 0.3) is 0 Å². The summed E-state index contributed by atoms with van der Waals surface area (Å²) in [6, 6.07) is 28.2. The van der Waals surface area contributed by atoms with Gasteiger partial charge >= 0.3 is 0 Å². The molecular weight excluding hydrogens is 330 g/mol. The molecule has 3 aromatic rings. The van der Waals surface area contributed by atoms with E-state index in [0.717, 1.165) is 31.9 Å². The first-order valence-electron chi connectivity index (χ1n) is 9.95. The van der Waals surface area contributed by atoms with Gasteiger partial charge < -0.3 is 4.74 Å². The molecule has 0 N–H and O–H groups in total. The summed E-state index contributed by atoms with van der Waals surface area (Å²) in [5.74, 6) is 2.36. The average Bonchev–Trinajstić information content (AvgIpc) is 3.03. The maximum Gasteiger partial charge on any atom is 0.123 e. The van der Waals surface area contributed by atoms with Crippen LogP contribution in [0, 0.1) is 5.92 Å². The molecule has 0 saturated carbocycles. The Morgan fingerprint density at radius 2 is 1.59 bits per heavy atom. The highest BCUT2D eigenvalue weighted by Gasteiger charge is 2.36. The van der Waals surface area contributed by atoms with Crippen molar-refractivity contribution in [3.63, 3.8) is 0 Å². The zero-order valence-corrected chi connectivity index (χ0v) is 15.6. The molecule has 0 radical (unpaired) electrons. The van der Waals surface area contributed by atoms with E-state index in [2.05, 4.69) is 83.8 Å². The van der Waals surface area contributed by atoms with E-state index in [-0.39, 0.29) is 0 Å². The molecule has 2 heterocycles. The van der Waals surface area contributed by atoms with Gasteiger partial charge in [-0.05, 0) is 40.7 Å². The van der Waals surface area contributed by atoms with Gasteiger partial charge in [0.2, 0.25) is 0 Å². The highest BCUT2D eigenvalue weighted by molar-refractivity contribution is 5.66. The largest absolute Gasteiger partial charge is 0.493 e. The minimum absolute atomic E-state index is 0.580. The van der Waals surface area contributed by atoms with Gasteiger partial charge in [-0.25, -0.2) is 0 Å². The van der Waals surface area contributed by atoms with Crippen molar-refractivity contribution in [2.45, 2.75) is 18.9 Å². The Morgan fingerprint density at radius 3 is 2.41 bits per heavy atom. The summed E-state index contributed by atoms with van der Waals surface area (Å²) in [6.07, 6.45) is 1.14. The second-order valence-corrected chi connectivity index (χ2v) is 7.80. The van der Waals surface area contributed by atoms with Crippen LogP contribution in [-0.2, 0) is 6.54 Å². The van der Waals surface area contributed by atoms with Gasteiger partial charge in [-0.3, -0.25) is 4.90 Å². The lowest BCUT2D eigenvalue weighted by Gasteiger charge is -2.18. The van der Waals surface area contributed by atoms with Crippen LogP contribution in [0.3, 0.4) is 0 Å². The lowest BCUT2D eigenvalue weighted by molar-refractivity contribution is 0.271. The van der Waals surface area contributed by atoms with Crippen LogP contribution < -0.4 is 4.74 Å². The van der Waals surface area contributed by atoms with Gasteiger partial charge in [-0.1, -0.05) is 72.8 Å². The van der Waals surface area contributed by atoms with E-state index >= 15 is 0 Å². The smallest absolute Gasteiger partial charge is 0.123 e. The topological polar surface area (TPSA) is 12.5 Å². The molecule has 1 fully saturated rings. The normalized spacial score (nSPS) is 21.8. The average molecular weight is 355 g/mol. The lowest BCUT2D eigenvalue weighted by atomic mass is 9.86. The highest BCUT2D eigenvalue weighted by Crippen LogP contribution is 2.43. The van der Waals surface area contributed by atoms with Crippen molar-refractivity contribution >= 4 is 0 Å². The molecule has 2 atom stereocenters. The van der Waals surface area contributed by atoms with Gasteiger partial charge in [-0.15, -0.1) is 0 Å². The van der Waals surface area contributed by atoms with E-state index in [1.54, 1.807) is 0 Å². The van der Waals surface area contributed by atoms with Crippen molar-refractivity contribution in [2.75, 3.05) is 19.7 Å². The van der Waals surface area contributed by atoms with Crippen molar-refractivity contribution in [2.24, 2.45) is 5.92 Å². The van der Waals surface area contributed by atoms with E-state index in [1.807, 2.05) is 0 Å². The molecule has 1 saturated heterocycles. The maximum atomic E-state index is 6.18. The predicted molar refractivity (Wildman–Crippen MR) is 110 cm³/mol. The molecule has 3 aromatic carbocycles. The Balaban J connectivity index is 1.40. The molecule has 2 aliphatic heterocycles. The summed E-state index contributed by atoms with van der Waals surface area (Å²) in [5, 5.41) is 0. The first kappa shape index (κ1) is 16.6. The van der Waals surface area contributed by atoms with Crippen LogP contribution in [0.15, 0.2) is 78.9 Å². The van der Waals surface area contributed by atoms with Gasteiger partial charge in [-0.2, -0.15) is 0 Å². The summed E-state index contributed by atoms with van der Waals surface area (Å²) >= 11 is 0. The standard InChI is InChI=1S/C25H25NO/c1-3-7-19(8-4-1)16-26-17-22-13-14-27-25-15-21(20-9-5-2-6-10-20)11-12-23(25)24(22)18-26/h1-12,15,22,24H,13-14,16-18H2/t22-,24-/m0/s1. The molecule has 0 unspecified atom stereocenters. The van der Waals surface area contributed by atoms with Crippen LogP contribution in [0.1, 0.15) is 23.5 Å². The number of likely N-dealkylation sites (tertiary alicyclic amines) is 1. The molecule has 0 amide bonds. The van der Waals surface area contributed by atoms with Gasteiger partial charge in [0.15, 0.2) is 0 Å². The van der Waals surface area contributed by atoms with Crippen molar-refractivity contribution in [3.05, 3.63) is 90.0 Å². The highest BCUT2D eigenvalue weighted by atomic mass is 16.5. The van der Waals surface area contributed by atoms with E-state index in [0.29, 0.717) is 11.8 Å². The summed E-state index contributed by atoms with van der Waals surface area (Å²) < 4.78 is 6.18. The maximum absolute atomic E-state index is 6.18. The first-order chi connectivity index (χ1) is 13.4. The molecule has 2 nitrogen and oxygen atoms in total. The molecule has 5 rings (SSSR count). The first-order valence-corrected chi connectivity index (χ1v) is 9.95. The van der Waals surface area contributed by atoms with Crippen LogP contribution in [0.2, 0.25) is 0 Å². The second kappa shape index (κ2) is 7.21. The van der Waals surface area contributed by atoms with E-state index in [4.69, 9.17) is 4.74 Å². The molecule has 0 spiro atoms. The number of fused-ring (bicyclic) bond motifs is 3. The van der Waals surface area contributed by atoms with Crippen molar-refractivity contribution < 1.29 is 4.74 Å². The van der Waals surface area contributed by atoms with Crippen LogP contribution >= 0.6 is 0 Å². The SMILES string of the molecule is c1ccc(CN2C[C@@H]3CCOc4cc(-c5ccccc5)ccc4[C@H]3C2)cc1. The number of hydrogen-bond acceptors (Lipinski definition) is 2. The van der Waals surface area contributed by atoms with Crippen molar-refractivity contribution in [1.29, 1.82) is 0 Å². The van der Waals surface area contributed by atoms with Gasteiger partial charge in [0.1, 0.15) is 5.75 Å². The number of benzene rings is 3. The molecule has 0 aliphatic carbocycles. The van der Waals surface area contributed by atoms with E-state index in [9.17, 15) is 0 Å². The zero-order chi connectivity index (χ0) is 18.1. The zero-order valence-electron chi connectivity index (χ0n) is 15.6. The van der Waals surface area contributed by atoms with Crippen LogP contribution in [0.5, 0.6) is 5.75 Å². The third-order valence-corrected chi connectivity index (χ3v) is 6.03. The minimum Gasteiger partial charge on any atom is -0.493 e. The third kappa shape index (κ3) is 3.38. The van der Waals surface area contributed by atoms with E-state index in [1.165, 1.54) is 28.8 Å². The molecule has 0 bridgehead atoms. The molecular formula is C25H25NO. The Kier molecular flexibility index (Phi) is 4.43. The van der Waals surface area contributed by atoms with Gasteiger partial charge in [0.05, 0.1) is 6.61 Å². The fourth-order valence-electron chi connectivity index (χ4n) is 4.67. The molecule has 2 aliphatic rings. The number of hydrogen-bond donors (Lipinski definition) is 0. The predicted octanol–water partition coefficient (Wildman–Crippen LogP) is 5.35. The number of rotatable bonds is 3. The van der Waals surface area contributed by atoms with Crippen molar-refractivity contribution in [3.8, 4) is 16.9 Å². The quantitative estimate of drug-likeness (QED) is 0.628. The third-order valence-electron chi connectivity index (χ3n) is 6.03. The summed E-state index contributed by atoms with van der Waals surface area (Å²) in [6.45, 7) is 4.17. The lowest BCUT2D eigenvalue weighted by Crippen LogP contribution is -2.21. The van der Waals surface area contributed by atoms with Gasteiger partial charge in [0, 0.05) is 25.6 Å². The Bertz CT molecular complexity index is 906. The molecule has 2 heteroatoms. The summed E-state index contributed by atoms with van der Waals surface area (Å²) in [7, 11) is 0. The van der Waals surface area contributed by atoms with Crippen LogP contribution in [0.4, 0.5) is 0 Å². The summed E-state index contributed by atoms with van der Waals surface area (Å²) in [4.78, 5) is 2.62. The monoisotopic (exact) mass is 355 g/mol. The fourth-order valence-corrected chi connectivity index (χ4v) is 4.67. The molecule has 0 aromatic heterocycles. The second-order valence-electron chi connectivity index (χ2n) is 7.80. The van der Waals surface area contributed by atoms with Crippen LogP contribution in [0.25, 0.3) is 11.1 Å². The Morgan fingerprint density at radius 1 is 0.815 bits per heavy atom. The fraction of sp³-hybridized carbons (Fsp3) is 0.280.